The van der Waals surface area contributed by atoms with Crippen LogP contribution in [0.5, 0.6) is 0 Å². The second-order valence-corrected chi connectivity index (χ2v) is 4.94. The van der Waals surface area contributed by atoms with Gasteiger partial charge < -0.3 is 15.8 Å². The Bertz CT molecular complexity index is 622. The monoisotopic (exact) mass is 323 g/mol. The Labute approximate surface area is 134 Å². The molecule has 1 aliphatic heterocycles. The highest BCUT2D eigenvalue weighted by Gasteiger charge is 2.23. The highest BCUT2D eigenvalue weighted by atomic mass is 35.5. The number of nitrogens with zero attached hydrogens (tertiary/aromatic N) is 2. The van der Waals surface area contributed by atoms with Gasteiger partial charge in [-0.3, -0.25) is 9.89 Å². The lowest BCUT2D eigenvalue weighted by Gasteiger charge is -2.09. The van der Waals surface area contributed by atoms with E-state index in [1.165, 1.54) is 0 Å². The summed E-state index contributed by atoms with van der Waals surface area (Å²) < 4.78 is 5.21. The standard InChI is InChI=1S/C14H17N5O2.ClH/c15-7-12-17-13(19-18-12)9-1-3-11(4-2-9)16-14(20)10-5-6-21-8-10;/h1-4,10H,5-8,15H2,(H,16,20)(H,17,18,19);1H. The molecule has 2 heterocycles. The smallest absolute Gasteiger partial charge is 0.229 e. The summed E-state index contributed by atoms with van der Waals surface area (Å²) in [5, 5.41) is 9.75. The first-order chi connectivity index (χ1) is 10.3. The van der Waals surface area contributed by atoms with Crippen molar-refractivity contribution in [1.82, 2.24) is 15.2 Å². The van der Waals surface area contributed by atoms with Crippen molar-refractivity contribution in [2.75, 3.05) is 18.5 Å². The number of carbonyl (C=O) groups is 1. The van der Waals surface area contributed by atoms with E-state index in [0.717, 1.165) is 17.7 Å². The van der Waals surface area contributed by atoms with Gasteiger partial charge in [-0.2, -0.15) is 5.10 Å². The zero-order valence-corrected chi connectivity index (χ0v) is 12.7. The number of nitrogens with two attached hydrogens (primary N) is 1. The minimum Gasteiger partial charge on any atom is -0.381 e. The van der Waals surface area contributed by atoms with Gasteiger partial charge in [0.05, 0.1) is 19.1 Å². The number of halogens is 1. The van der Waals surface area contributed by atoms with Crippen LogP contribution in [0.1, 0.15) is 12.2 Å². The number of ether oxygens (including phenoxy) is 1. The molecular formula is C14H18ClN5O2. The van der Waals surface area contributed by atoms with Crippen molar-refractivity contribution in [2.24, 2.45) is 11.7 Å². The minimum atomic E-state index is -0.0511. The fourth-order valence-corrected chi connectivity index (χ4v) is 2.20. The number of anilines is 1. The summed E-state index contributed by atoms with van der Waals surface area (Å²) in [5.41, 5.74) is 7.11. The van der Waals surface area contributed by atoms with Crippen molar-refractivity contribution < 1.29 is 9.53 Å². The zero-order valence-electron chi connectivity index (χ0n) is 11.9. The molecule has 1 aromatic heterocycles. The molecule has 1 unspecified atom stereocenters. The highest BCUT2D eigenvalue weighted by molar-refractivity contribution is 5.93. The molecule has 3 rings (SSSR count). The van der Waals surface area contributed by atoms with Gasteiger partial charge in [0.25, 0.3) is 0 Å². The van der Waals surface area contributed by atoms with Crippen molar-refractivity contribution >= 4 is 24.0 Å². The molecule has 1 atom stereocenters. The first-order valence-electron chi connectivity index (χ1n) is 6.86. The SMILES string of the molecule is Cl.NCc1nc(-c2ccc(NC(=O)C3CCOC3)cc2)n[nH]1. The van der Waals surface area contributed by atoms with Crippen LogP contribution in [-0.4, -0.2) is 34.3 Å². The summed E-state index contributed by atoms with van der Waals surface area (Å²) >= 11 is 0. The molecule has 118 valence electrons. The van der Waals surface area contributed by atoms with Crippen molar-refractivity contribution in [3.63, 3.8) is 0 Å². The van der Waals surface area contributed by atoms with Gasteiger partial charge in [0.2, 0.25) is 5.91 Å². The second kappa shape index (κ2) is 7.35. The van der Waals surface area contributed by atoms with Crippen LogP contribution >= 0.6 is 12.4 Å². The predicted molar refractivity (Wildman–Crippen MR) is 84.5 cm³/mol. The molecule has 1 amide bonds. The molecule has 8 heteroatoms. The average Bonchev–Trinajstić information content (AvgIpc) is 3.19. The number of aromatic nitrogens is 3. The van der Waals surface area contributed by atoms with Crippen LogP contribution in [0.2, 0.25) is 0 Å². The van der Waals surface area contributed by atoms with E-state index < -0.39 is 0 Å². The summed E-state index contributed by atoms with van der Waals surface area (Å²) in [4.78, 5) is 16.2. The molecule has 0 aliphatic carbocycles. The van der Waals surface area contributed by atoms with Gasteiger partial charge in [-0.25, -0.2) is 4.98 Å². The van der Waals surface area contributed by atoms with E-state index in [2.05, 4.69) is 20.5 Å². The second-order valence-electron chi connectivity index (χ2n) is 4.94. The normalized spacial score (nSPS) is 17.0. The summed E-state index contributed by atoms with van der Waals surface area (Å²) in [6.45, 7) is 1.49. The van der Waals surface area contributed by atoms with Gasteiger partial charge in [0, 0.05) is 17.9 Å². The third kappa shape index (κ3) is 3.62. The van der Waals surface area contributed by atoms with E-state index in [0.29, 0.717) is 31.4 Å². The molecule has 0 spiro atoms. The quantitative estimate of drug-likeness (QED) is 0.787. The molecule has 0 saturated carbocycles. The summed E-state index contributed by atoms with van der Waals surface area (Å²) in [6, 6.07) is 7.40. The molecule has 2 aromatic rings. The maximum Gasteiger partial charge on any atom is 0.229 e. The van der Waals surface area contributed by atoms with Crippen LogP contribution in [0.4, 0.5) is 5.69 Å². The highest BCUT2D eigenvalue weighted by Crippen LogP contribution is 2.20. The number of hydrogen-bond acceptors (Lipinski definition) is 5. The van der Waals surface area contributed by atoms with Crippen LogP contribution in [0.3, 0.4) is 0 Å². The number of benzene rings is 1. The van der Waals surface area contributed by atoms with Gasteiger partial charge in [0.15, 0.2) is 5.82 Å². The topological polar surface area (TPSA) is 106 Å². The first kappa shape index (κ1) is 16.4. The van der Waals surface area contributed by atoms with Crippen LogP contribution in [-0.2, 0) is 16.1 Å². The molecule has 1 aromatic carbocycles. The Morgan fingerprint density at radius 1 is 1.41 bits per heavy atom. The van der Waals surface area contributed by atoms with E-state index in [4.69, 9.17) is 10.5 Å². The van der Waals surface area contributed by atoms with Gasteiger partial charge in [0.1, 0.15) is 5.82 Å². The number of nitrogens with one attached hydrogen (secondary N) is 2. The molecule has 1 aliphatic rings. The lowest BCUT2D eigenvalue weighted by Crippen LogP contribution is -2.22. The predicted octanol–water partition coefficient (Wildman–Crippen LogP) is 1.33. The van der Waals surface area contributed by atoms with E-state index in [1.807, 2.05) is 24.3 Å². The molecule has 4 N–H and O–H groups in total. The van der Waals surface area contributed by atoms with Crippen molar-refractivity contribution in [2.45, 2.75) is 13.0 Å². The maximum absolute atomic E-state index is 12.0. The number of rotatable bonds is 4. The largest absolute Gasteiger partial charge is 0.381 e. The van der Waals surface area contributed by atoms with Gasteiger partial charge in [-0.15, -0.1) is 12.4 Å². The molecule has 1 saturated heterocycles. The van der Waals surface area contributed by atoms with E-state index >= 15 is 0 Å². The molecular weight excluding hydrogens is 306 g/mol. The Morgan fingerprint density at radius 3 is 2.77 bits per heavy atom. The van der Waals surface area contributed by atoms with E-state index in [1.54, 1.807) is 0 Å². The maximum atomic E-state index is 12.0. The van der Waals surface area contributed by atoms with Crippen molar-refractivity contribution in [3.8, 4) is 11.4 Å². The molecule has 0 bridgehead atoms. The summed E-state index contributed by atoms with van der Waals surface area (Å²) in [5.74, 6) is 1.19. The fraction of sp³-hybridized carbons (Fsp3) is 0.357. The molecule has 7 nitrogen and oxygen atoms in total. The number of H-pyrrole nitrogens is 1. The van der Waals surface area contributed by atoms with Crippen molar-refractivity contribution in [3.05, 3.63) is 30.1 Å². The Hall–Kier alpha value is -1.96. The number of carbonyl (C=O) groups excluding carboxylic acids is 1. The van der Waals surface area contributed by atoms with Crippen LogP contribution in [0.25, 0.3) is 11.4 Å². The van der Waals surface area contributed by atoms with Gasteiger partial charge in [-0.1, -0.05) is 0 Å². The first-order valence-corrected chi connectivity index (χ1v) is 6.86. The van der Waals surface area contributed by atoms with Crippen LogP contribution in [0, 0.1) is 5.92 Å². The van der Waals surface area contributed by atoms with E-state index in [-0.39, 0.29) is 24.2 Å². The molecule has 0 radical (unpaired) electrons. The Morgan fingerprint density at radius 2 is 2.18 bits per heavy atom. The lowest BCUT2D eigenvalue weighted by atomic mass is 10.1. The third-order valence-electron chi connectivity index (χ3n) is 3.44. The molecule has 1 fully saturated rings. The lowest BCUT2D eigenvalue weighted by molar-refractivity contribution is -0.119. The van der Waals surface area contributed by atoms with Gasteiger partial charge >= 0.3 is 0 Å². The minimum absolute atomic E-state index is 0. The van der Waals surface area contributed by atoms with Gasteiger partial charge in [-0.05, 0) is 30.7 Å². The Balaban J connectivity index is 0.00000176. The summed E-state index contributed by atoms with van der Waals surface area (Å²) in [7, 11) is 0. The number of hydrogen-bond donors (Lipinski definition) is 3. The Kier molecular flexibility index (Phi) is 5.48. The van der Waals surface area contributed by atoms with Crippen LogP contribution in [0.15, 0.2) is 24.3 Å². The summed E-state index contributed by atoms with van der Waals surface area (Å²) in [6.07, 6.45) is 0.781. The number of aromatic amines is 1. The average molecular weight is 324 g/mol. The van der Waals surface area contributed by atoms with E-state index in [9.17, 15) is 4.79 Å². The van der Waals surface area contributed by atoms with Crippen LogP contribution < -0.4 is 11.1 Å². The zero-order chi connectivity index (χ0) is 14.7. The number of amides is 1. The van der Waals surface area contributed by atoms with Crippen molar-refractivity contribution in [1.29, 1.82) is 0 Å². The fourth-order valence-electron chi connectivity index (χ4n) is 2.20. The molecule has 22 heavy (non-hydrogen) atoms. The third-order valence-corrected chi connectivity index (χ3v) is 3.44.